The van der Waals surface area contributed by atoms with Gasteiger partial charge >= 0.3 is 0 Å². The van der Waals surface area contributed by atoms with Gasteiger partial charge in [0, 0.05) is 0 Å². The molecule has 0 aromatic heterocycles. The number of ether oxygens (including phenoxy) is 2. The first-order valence-corrected chi connectivity index (χ1v) is 5.11. The van der Waals surface area contributed by atoms with Crippen LogP contribution in [0.3, 0.4) is 0 Å². The molecule has 0 fully saturated rings. The lowest BCUT2D eigenvalue weighted by molar-refractivity contribution is -0.113. The second-order valence-electron chi connectivity index (χ2n) is 3.25. The molecule has 1 aromatic rings. The van der Waals surface area contributed by atoms with Gasteiger partial charge < -0.3 is 9.47 Å². The summed E-state index contributed by atoms with van der Waals surface area (Å²) in [7, 11) is 0. The van der Waals surface area contributed by atoms with E-state index < -0.39 is 6.10 Å². The average Bonchev–Trinajstić information content (AvgIpc) is 2.28. The van der Waals surface area contributed by atoms with Gasteiger partial charge in [-0.05, 0) is 25.5 Å². The van der Waals surface area contributed by atoms with Gasteiger partial charge in [0.25, 0.3) is 0 Å². The van der Waals surface area contributed by atoms with E-state index in [0.29, 0.717) is 18.1 Å². The summed E-state index contributed by atoms with van der Waals surface area (Å²) in [6.45, 7) is 4.39. The van der Waals surface area contributed by atoms with Crippen molar-refractivity contribution >= 4 is 6.29 Å². The molecule has 0 aliphatic heterocycles. The van der Waals surface area contributed by atoms with Gasteiger partial charge in [0.15, 0.2) is 23.9 Å². The third kappa shape index (κ3) is 3.62. The standard InChI is InChI=1S/C12H16O3/c1-3-8-14-11-6-4-5-7-12(11)15-10(2)9-13/h4-7,9-10H,3,8H2,1-2H3. The summed E-state index contributed by atoms with van der Waals surface area (Å²) >= 11 is 0. The van der Waals surface area contributed by atoms with Crippen molar-refractivity contribution in [3.63, 3.8) is 0 Å². The van der Waals surface area contributed by atoms with Crippen LogP contribution in [-0.2, 0) is 4.79 Å². The van der Waals surface area contributed by atoms with Crippen molar-refractivity contribution in [2.45, 2.75) is 26.4 Å². The third-order valence-corrected chi connectivity index (χ3v) is 1.82. The lowest BCUT2D eigenvalue weighted by atomic mass is 10.3. The Morgan fingerprint density at radius 2 is 2.00 bits per heavy atom. The Morgan fingerprint density at radius 3 is 2.60 bits per heavy atom. The molecule has 15 heavy (non-hydrogen) atoms. The molecular formula is C12H16O3. The molecule has 1 rings (SSSR count). The van der Waals surface area contributed by atoms with Gasteiger partial charge in [-0.1, -0.05) is 19.1 Å². The zero-order chi connectivity index (χ0) is 11.1. The fourth-order valence-corrected chi connectivity index (χ4v) is 1.11. The minimum atomic E-state index is -0.448. The summed E-state index contributed by atoms with van der Waals surface area (Å²) in [5, 5.41) is 0. The number of para-hydroxylation sites is 2. The van der Waals surface area contributed by atoms with Crippen LogP contribution >= 0.6 is 0 Å². The molecule has 0 saturated carbocycles. The molecule has 1 unspecified atom stereocenters. The first-order valence-electron chi connectivity index (χ1n) is 5.11. The average molecular weight is 208 g/mol. The van der Waals surface area contributed by atoms with Gasteiger partial charge in [-0.3, -0.25) is 4.79 Å². The maximum absolute atomic E-state index is 10.5. The molecule has 82 valence electrons. The number of hydrogen-bond acceptors (Lipinski definition) is 3. The van der Waals surface area contributed by atoms with Crippen LogP contribution in [0.15, 0.2) is 24.3 Å². The SMILES string of the molecule is CCCOc1ccccc1OC(C)C=O. The molecule has 0 aliphatic rings. The molecule has 3 nitrogen and oxygen atoms in total. The van der Waals surface area contributed by atoms with Crippen molar-refractivity contribution in [3.05, 3.63) is 24.3 Å². The summed E-state index contributed by atoms with van der Waals surface area (Å²) in [6.07, 6.45) is 1.25. The minimum absolute atomic E-state index is 0.448. The zero-order valence-corrected chi connectivity index (χ0v) is 9.10. The zero-order valence-electron chi connectivity index (χ0n) is 9.10. The Kier molecular flexibility index (Phi) is 4.68. The largest absolute Gasteiger partial charge is 0.490 e. The first-order chi connectivity index (χ1) is 7.27. The minimum Gasteiger partial charge on any atom is -0.490 e. The number of benzene rings is 1. The highest BCUT2D eigenvalue weighted by Crippen LogP contribution is 2.27. The van der Waals surface area contributed by atoms with Crippen LogP contribution in [0.5, 0.6) is 11.5 Å². The van der Waals surface area contributed by atoms with E-state index in [0.717, 1.165) is 12.7 Å². The van der Waals surface area contributed by atoms with Gasteiger partial charge in [0.05, 0.1) is 6.61 Å². The number of hydrogen-bond donors (Lipinski definition) is 0. The van der Waals surface area contributed by atoms with Gasteiger partial charge in [-0.2, -0.15) is 0 Å². The predicted molar refractivity (Wildman–Crippen MR) is 58.4 cm³/mol. The Bertz CT molecular complexity index is 309. The molecule has 0 bridgehead atoms. The number of rotatable bonds is 6. The number of carbonyl (C=O) groups is 1. The van der Waals surface area contributed by atoms with Crippen molar-refractivity contribution in [1.82, 2.24) is 0 Å². The van der Waals surface area contributed by atoms with Crippen molar-refractivity contribution in [3.8, 4) is 11.5 Å². The third-order valence-electron chi connectivity index (χ3n) is 1.82. The molecule has 0 spiro atoms. The molecule has 0 N–H and O–H groups in total. The van der Waals surface area contributed by atoms with Crippen LogP contribution in [0.2, 0.25) is 0 Å². The van der Waals surface area contributed by atoms with Gasteiger partial charge in [0.1, 0.15) is 0 Å². The predicted octanol–water partition coefficient (Wildman–Crippen LogP) is 2.44. The van der Waals surface area contributed by atoms with Crippen LogP contribution in [0, 0.1) is 0 Å². The second-order valence-corrected chi connectivity index (χ2v) is 3.25. The van der Waals surface area contributed by atoms with E-state index in [9.17, 15) is 4.79 Å². The maximum Gasteiger partial charge on any atom is 0.162 e. The van der Waals surface area contributed by atoms with E-state index >= 15 is 0 Å². The molecule has 0 aliphatic carbocycles. The normalized spacial score (nSPS) is 11.9. The Labute approximate surface area is 90.0 Å². The lowest BCUT2D eigenvalue weighted by Gasteiger charge is -2.13. The number of carbonyl (C=O) groups excluding carboxylic acids is 1. The highest BCUT2D eigenvalue weighted by molar-refractivity contribution is 5.56. The van der Waals surface area contributed by atoms with E-state index in [1.807, 2.05) is 25.1 Å². The monoisotopic (exact) mass is 208 g/mol. The maximum atomic E-state index is 10.5. The van der Waals surface area contributed by atoms with Crippen molar-refractivity contribution in [2.75, 3.05) is 6.61 Å². The van der Waals surface area contributed by atoms with Crippen LogP contribution in [-0.4, -0.2) is 19.0 Å². The molecule has 1 aromatic carbocycles. The summed E-state index contributed by atoms with van der Waals surface area (Å²) in [4.78, 5) is 10.5. The van der Waals surface area contributed by atoms with E-state index in [2.05, 4.69) is 0 Å². The van der Waals surface area contributed by atoms with E-state index in [-0.39, 0.29) is 0 Å². The molecule has 1 atom stereocenters. The number of aldehydes is 1. The highest BCUT2D eigenvalue weighted by Gasteiger charge is 2.07. The summed E-state index contributed by atoms with van der Waals surface area (Å²) in [6, 6.07) is 7.36. The molecular weight excluding hydrogens is 192 g/mol. The van der Waals surface area contributed by atoms with E-state index in [4.69, 9.17) is 9.47 Å². The first kappa shape index (κ1) is 11.6. The van der Waals surface area contributed by atoms with E-state index in [1.165, 1.54) is 0 Å². The lowest BCUT2D eigenvalue weighted by Crippen LogP contribution is -2.13. The summed E-state index contributed by atoms with van der Waals surface area (Å²) in [5.41, 5.74) is 0. The Balaban J connectivity index is 2.71. The highest BCUT2D eigenvalue weighted by atomic mass is 16.5. The van der Waals surface area contributed by atoms with Gasteiger partial charge in [0.2, 0.25) is 0 Å². The molecule has 0 heterocycles. The Morgan fingerprint density at radius 1 is 1.33 bits per heavy atom. The van der Waals surface area contributed by atoms with Crippen LogP contribution in [0.1, 0.15) is 20.3 Å². The summed E-state index contributed by atoms with van der Waals surface area (Å²) < 4.78 is 10.9. The molecule has 3 heteroatoms. The van der Waals surface area contributed by atoms with Crippen molar-refractivity contribution in [1.29, 1.82) is 0 Å². The molecule has 0 amide bonds. The smallest absolute Gasteiger partial charge is 0.162 e. The second kappa shape index (κ2) is 6.06. The van der Waals surface area contributed by atoms with Crippen molar-refractivity contribution < 1.29 is 14.3 Å². The summed E-state index contributed by atoms with van der Waals surface area (Å²) in [5.74, 6) is 1.30. The van der Waals surface area contributed by atoms with Gasteiger partial charge in [-0.15, -0.1) is 0 Å². The van der Waals surface area contributed by atoms with Crippen LogP contribution < -0.4 is 9.47 Å². The van der Waals surface area contributed by atoms with Crippen molar-refractivity contribution in [2.24, 2.45) is 0 Å². The molecule has 0 radical (unpaired) electrons. The fourth-order valence-electron chi connectivity index (χ4n) is 1.11. The topological polar surface area (TPSA) is 35.5 Å². The Hall–Kier alpha value is -1.51. The quantitative estimate of drug-likeness (QED) is 0.673. The van der Waals surface area contributed by atoms with E-state index in [1.54, 1.807) is 13.0 Å². The van der Waals surface area contributed by atoms with Crippen LogP contribution in [0.25, 0.3) is 0 Å². The molecule has 0 saturated heterocycles. The van der Waals surface area contributed by atoms with Gasteiger partial charge in [-0.25, -0.2) is 0 Å². The fraction of sp³-hybridized carbons (Fsp3) is 0.417. The van der Waals surface area contributed by atoms with Crippen LogP contribution in [0.4, 0.5) is 0 Å².